The van der Waals surface area contributed by atoms with Gasteiger partial charge in [-0.25, -0.2) is 9.97 Å². The number of fused-ring (bicyclic) bond motifs is 2. The molecule has 0 unspecified atom stereocenters. The molecule has 0 amide bonds. The number of aromatic nitrogens is 2. The topological polar surface area (TPSA) is 72.5 Å². The average molecular weight is 429 g/mol. The summed E-state index contributed by atoms with van der Waals surface area (Å²) in [5, 5.41) is 7.58. The van der Waals surface area contributed by atoms with Crippen molar-refractivity contribution in [1.29, 1.82) is 0 Å². The highest BCUT2D eigenvalue weighted by atomic mass is 35.5. The van der Waals surface area contributed by atoms with Crippen LogP contribution in [-0.4, -0.2) is 17.1 Å². The second kappa shape index (κ2) is 8.08. The van der Waals surface area contributed by atoms with E-state index >= 15 is 0 Å². The highest BCUT2D eigenvalue weighted by Gasteiger charge is 2.08. The first-order valence-electron chi connectivity index (χ1n) is 9.58. The fraction of sp³-hybridized carbons (Fsp3) is 0.0417. The summed E-state index contributed by atoms with van der Waals surface area (Å²) in [6, 6.07) is 22.7. The van der Waals surface area contributed by atoms with Crippen LogP contribution in [0.1, 0.15) is 0 Å². The van der Waals surface area contributed by atoms with E-state index in [0.29, 0.717) is 27.5 Å². The Hall–Kier alpha value is -3.90. The van der Waals surface area contributed by atoms with E-state index in [2.05, 4.69) is 20.5 Å². The van der Waals surface area contributed by atoms with Gasteiger partial charge in [0, 0.05) is 27.4 Å². The first kappa shape index (κ1) is 19.1. The summed E-state index contributed by atoms with van der Waals surface area (Å²) < 4.78 is 11.4. The molecule has 0 aliphatic carbocycles. The third-order valence-electron chi connectivity index (χ3n) is 4.90. The van der Waals surface area contributed by atoms with E-state index in [-0.39, 0.29) is 0 Å². The first-order chi connectivity index (χ1) is 15.2. The number of methoxy groups -OCH3 is 1. The first-order valence-corrected chi connectivity index (χ1v) is 9.96. The van der Waals surface area contributed by atoms with Crippen LogP contribution in [-0.2, 0) is 0 Å². The third-order valence-corrected chi connectivity index (χ3v) is 5.14. The van der Waals surface area contributed by atoms with Crippen molar-refractivity contribution in [3.05, 3.63) is 89.5 Å². The number of hydrogen-bond acceptors (Lipinski definition) is 6. The lowest BCUT2D eigenvalue weighted by atomic mass is 10.1. The molecular weight excluding hydrogens is 412 g/mol. The van der Waals surface area contributed by atoms with E-state index in [1.807, 2.05) is 66.7 Å². The zero-order valence-electron chi connectivity index (χ0n) is 16.5. The molecule has 0 aliphatic rings. The Morgan fingerprint density at radius 3 is 2.61 bits per heavy atom. The van der Waals surface area contributed by atoms with Crippen molar-refractivity contribution in [3.63, 3.8) is 0 Å². The number of nitrogens with zero attached hydrogens (tertiary/aromatic N) is 3. The quantitative estimate of drug-likeness (QED) is 0.375. The number of anilines is 1. The predicted octanol–water partition coefficient (Wildman–Crippen LogP) is 5.63. The third kappa shape index (κ3) is 3.81. The van der Waals surface area contributed by atoms with Gasteiger partial charge in [-0.2, -0.15) is 5.10 Å². The molecular formula is C24H17ClN4O2. The van der Waals surface area contributed by atoms with Gasteiger partial charge in [0.25, 0.3) is 0 Å². The molecule has 0 saturated carbocycles. The van der Waals surface area contributed by atoms with Crippen LogP contribution in [0.5, 0.6) is 5.75 Å². The fourth-order valence-corrected chi connectivity index (χ4v) is 3.51. The van der Waals surface area contributed by atoms with E-state index < -0.39 is 0 Å². The van der Waals surface area contributed by atoms with Crippen molar-refractivity contribution in [2.75, 3.05) is 12.5 Å². The van der Waals surface area contributed by atoms with Gasteiger partial charge in [0.15, 0.2) is 5.82 Å². The van der Waals surface area contributed by atoms with Crippen LogP contribution in [0, 0.1) is 0 Å². The van der Waals surface area contributed by atoms with Crippen LogP contribution in [0.2, 0.25) is 5.02 Å². The van der Waals surface area contributed by atoms with Crippen LogP contribution in [0.15, 0.2) is 88.6 Å². The summed E-state index contributed by atoms with van der Waals surface area (Å²) in [4.78, 5) is 8.63. The zero-order chi connectivity index (χ0) is 21.2. The van der Waals surface area contributed by atoms with Gasteiger partial charge < -0.3 is 9.15 Å². The van der Waals surface area contributed by atoms with Crippen LogP contribution in [0.4, 0.5) is 5.82 Å². The monoisotopic (exact) mass is 428 g/mol. The van der Waals surface area contributed by atoms with Gasteiger partial charge in [0.05, 0.1) is 18.0 Å². The Labute approximate surface area is 182 Å². The van der Waals surface area contributed by atoms with Gasteiger partial charge in [-0.15, -0.1) is 0 Å². The van der Waals surface area contributed by atoms with Gasteiger partial charge in [0.2, 0.25) is 0 Å². The minimum absolute atomic E-state index is 0.601. The lowest BCUT2D eigenvalue weighted by Gasteiger charge is -2.07. The molecule has 0 radical (unpaired) electrons. The number of para-hydroxylation sites is 1. The lowest BCUT2D eigenvalue weighted by molar-refractivity contribution is 0.415. The molecule has 0 aliphatic heterocycles. The molecule has 7 heteroatoms. The van der Waals surface area contributed by atoms with E-state index in [9.17, 15) is 0 Å². The molecule has 2 heterocycles. The molecule has 3 aromatic carbocycles. The normalized spacial score (nSPS) is 11.7. The lowest BCUT2D eigenvalue weighted by Crippen LogP contribution is -2.08. The molecule has 0 fully saturated rings. The summed E-state index contributed by atoms with van der Waals surface area (Å²) in [6.45, 7) is 0. The van der Waals surface area contributed by atoms with Crippen LogP contribution < -0.4 is 15.5 Å². The van der Waals surface area contributed by atoms with Gasteiger partial charge >= 0.3 is 0 Å². The molecule has 5 aromatic rings. The Bertz CT molecular complexity index is 1460. The molecule has 0 saturated heterocycles. The molecule has 152 valence electrons. The van der Waals surface area contributed by atoms with Crippen molar-refractivity contribution in [1.82, 2.24) is 9.97 Å². The summed E-state index contributed by atoms with van der Waals surface area (Å²) in [5.41, 5.74) is 5.50. The number of rotatable bonds is 4. The summed E-state index contributed by atoms with van der Waals surface area (Å²) in [7, 11) is 1.64. The summed E-state index contributed by atoms with van der Waals surface area (Å²) in [6.07, 6.45) is 1.51. The summed E-state index contributed by atoms with van der Waals surface area (Å²) in [5.74, 6) is 2.07. The number of ether oxygens (including phenoxy) is 1. The van der Waals surface area contributed by atoms with Crippen LogP contribution >= 0.6 is 11.6 Å². The van der Waals surface area contributed by atoms with E-state index in [1.165, 1.54) is 6.33 Å². The number of nitrogens with one attached hydrogen (secondary N) is 1. The van der Waals surface area contributed by atoms with Gasteiger partial charge in [-0.3, -0.25) is 5.43 Å². The summed E-state index contributed by atoms with van der Waals surface area (Å²) >= 11 is 6.24. The van der Waals surface area contributed by atoms with Gasteiger partial charge in [0.1, 0.15) is 23.4 Å². The minimum Gasteiger partial charge on any atom is -0.497 e. The van der Waals surface area contributed by atoms with Crippen molar-refractivity contribution in [2.45, 2.75) is 0 Å². The maximum absolute atomic E-state index is 6.24. The fourth-order valence-electron chi connectivity index (χ4n) is 3.34. The second-order valence-electron chi connectivity index (χ2n) is 6.83. The number of benzene rings is 3. The molecule has 31 heavy (non-hydrogen) atoms. The molecule has 5 rings (SSSR count). The Balaban J connectivity index is 1.66. The van der Waals surface area contributed by atoms with Gasteiger partial charge in [-0.05, 0) is 54.6 Å². The molecule has 0 atom stereocenters. The second-order valence-corrected chi connectivity index (χ2v) is 7.26. The minimum atomic E-state index is 0.601. The van der Waals surface area contributed by atoms with Crippen LogP contribution in [0.3, 0.4) is 0 Å². The van der Waals surface area contributed by atoms with E-state index in [4.69, 9.17) is 20.8 Å². The molecule has 1 N–H and O–H groups in total. The van der Waals surface area contributed by atoms with Crippen LogP contribution in [0.25, 0.3) is 33.2 Å². The van der Waals surface area contributed by atoms with Crippen molar-refractivity contribution in [3.8, 4) is 17.1 Å². The van der Waals surface area contributed by atoms with Crippen molar-refractivity contribution >= 4 is 39.3 Å². The molecule has 0 bridgehead atoms. The highest BCUT2D eigenvalue weighted by Crippen LogP contribution is 2.26. The zero-order valence-corrected chi connectivity index (χ0v) is 17.3. The maximum Gasteiger partial charge on any atom is 0.157 e. The van der Waals surface area contributed by atoms with Crippen molar-refractivity contribution < 1.29 is 9.15 Å². The van der Waals surface area contributed by atoms with Crippen molar-refractivity contribution in [2.24, 2.45) is 5.10 Å². The Morgan fingerprint density at radius 2 is 1.77 bits per heavy atom. The molecule has 0 spiro atoms. The molecule has 2 aromatic heterocycles. The number of halogens is 1. The highest BCUT2D eigenvalue weighted by molar-refractivity contribution is 6.31. The number of hydrogen-bond donors (Lipinski definition) is 1. The standard InChI is InChI=1S/C24H17ClN4O2/c1-30-17-9-6-15(7-10-17)23-13-21(19-12-16(25)8-11-22(19)31-23)28-29-24-18-4-2-3-5-20(18)26-14-27-24/h2-14H,1H3,(H,26,27,29)/b28-21+. The largest absolute Gasteiger partial charge is 0.497 e. The smallest absolute Gasteiger partial charge is 0.157 e. The average Bonchev–Trinajstić information content (AvgIpc) is 2.82. The van der Waals surface area contributed by atoms with E-state index in [1.54, 1.807) is 13.2 Å². The van der Waals surface area contributed by atoms with E-state index in [0.717, 1.165) is 27.6 Å². The Kier molecular flexibility index (Phi) is 4.98. The predicted molar refractivity (Wildman–Crippen MR) is 122 cm³/mol. The van der Waals surface area contributed by atoms with Gasteiger partial charge in [-0.1, -0.05) is 23.7 Å². The SMILES string of the molecule is COc1ccc(-c2c/c(=N\Nc3ncnc4ccccc34)c3cc(Cl)ccc3o2)cc1. The Morgan fingerprint density at radius 1 is 0.935 bits per heavy atom. The molecule has 6 nitrogen and oxygen atoms in total. The maximum atomic E-state index is 6.24.